The van der Waals surface area contributed by atoms with E-state index in [1.807, 2.05) is 43.1 Å². The molecule has 3 heterocycles. The number of fused-ring (bicyclic) bond motifs is 1. The van der Waals surface area contributed by atoms with Crippen molar-refractivity contribution in [2.45, 2.75) is 38.4 Å². The maximum atomic E-state index is 5.70. The predicted molar refractivity (Wildman–Crippen MR) is 110 cm³/mol. The van der Waals surface area contributed by atoms with E-state index in [2.05, 4.69) is 35.0 Å². The maximum absolute atomic E-state index is 5.70. The predicted octanol–water partition coefficient (Wildman–Crippen LogP) is 4.47. The number of thioether (sulfide) groups is 1. The Balaban J connectivity index is 1.77. The Morgan fingerprint density at radius 1 is 1.19 bits per heavy atom. The molecule has 2 aliphatic rings. The van der Waals surface area contributed by atoms with Crippen LogP contribution in [0.1, 0.15) is 43.6 Å². The number of hydrogen-bond acceptors (Lipinski definition) is 6. The lowest BCUT2D eigenvalue weighted by Gasteiger charge is -2.32. The zero-order valence-corrected chi connectivity index (χ0v) is 16.8. The number of methoxy groups -OCH3 is 1. The second-order valence-corrected chi connectivity index (χ2v) is 7.67. The van der Waals surface area contributed by atoms with Crippen molar-refractivity contribution in [3.8, 4) is 11.5 Å². The standard InChI is InChI=1S/C21H25N3O2S/c1-4-15-13-27-21-23-19(16-8-6-7-11-22-16)20(24(15)21)14-9-10-17(26-5-2)18(12-14)25-3/h6-12,15,19-20H,4-5,13H2,1-3H3/t15-,19-,20+/m0/s1. The number of amidine groups is 1. The fourth-order valence-corrected chi connectivity index (χ4v) is 5.19. The van der Waals surface area contributed by atoms with Gasteiger partial charge in [-0.05, 0) is 43.2 Å². The molecule has 2 aromatic rings. The van der Waals surface area contributed by atoms with Crippen LogP contribution in [0.5, 0.6) is 11.5 Å². The van der Waals surface area contributed by atoms with Crippen LogP contribution in [0.15, 0.2) is 47.6 Å². The molecular weight excluding hydrogens is 358 g/mol. The molecule has 1 aromatic heterocycles. The SMILES string of the molecule is CCOc1ccc([C@@H]2[C@H](c3ccccn3)N=C3SC[C@H](CC)N32)cc1OC. The summed E-state index contributed by atoms with van der Waals surface area (Å²) < 4.78 is 11.3. The molecule has 1 saturated heterocycles. The van der Waals surface area contributed by atoms with Gasteiger partial charge in [0.25, 0.3) is 0 Å². The summed E-state index contributed by atoms with van der Waals surface area (Å²) in [7, 11) is 1.69. The molecule has 0 saturated carbocycles. The fourth-order valence-electron chi connectivity index (χ4n) is 3.85. The Labute approximate surface area is 164 Å². The molecule has 0 radical (unpaired) electrons. The van der Waals surface area contributed by atoms with Gasteiger partial charge in [-0.2, -0.15) is 0 Å². The Hall–Kier alpha value is -2.21. The van der Waals surface area contributed by atoms with Gasteiger partial charge in [-0.1, -0.05) is 30.8 Å². The second kappa shape index (κ2) is 7.80. The van der Waals surface area contributed by atoms with Gasteiger partial charge in [-0.25, -0.2) is 0 Å². The smallest absolute Gasteiger partial charge is 0.161 e. The summed E-state index contributed by atoms with van der Waals surface area (Å²) in [6.07, 6.45) is 2.95. The molecule has 1 aromatic carbocycles. The Kier molecular flexibility index (Phi) is 5.25. The highest BCUT2D eigenvalue weighted by Gasteiger charge is 2.45. The van der Waals surface area contributed by atoms with Gasteiger partial charge >= 0.3 is 0 Å². The molecule has 6 heteroatoms. The van der Waals surface area contributed by atoms with Crippen molar-refractivity contribution in [2.75, 3.05) is 19.5 Å². The minimum atomic E-state index is -0.00861. The van der Waals surface area contributed by atoms with Crippen molar-refractivity contribution in [3.63, 3.8) is 0 Å². The number of nitrogens with zero attached hydrogens (tertiary/aromatic N) is 3. The second-order valence-electron chi connectivity index (χ2n) is 6.68. The number of hydrogen-bond donors (Lipinski definition) is 0. The van der Waals surface area contributed by atoms with Crippen LogP contribution in [0.2, 0.25) is 0 Å². The van der Waals surface area contributed by atoms with Gasteiger partial charge in [-0.15, -0.1) is 0 Å². The highest BCUT2D eigenvalue weighted by Crippen LogP contribution is 2.49. The summed E-state index contributed by atoms with van der Waals surface area (Å²) in [5.41, 5.74) is 2.19. The summed E-state index contributed by atoms with van der Waals surface area (Å²) in [4.78, 5) is 12.2. The highest BCUT2D eigenvalue weighted by molar-refractivity contribution is 8.14. The number of aromatic nitrogens is 1. The molecule has 27 heavy (non-hydrogen) atoms. The van der Waals surface area contributed by atoms with Crippen molar-refractivity contribution in [2.24, 2.45) is 4.99 Å². The number of aliphatic imine (C=N–C) groups is 1. The van der Waals surface area contributed by atoms with Crippen LogP contribution in [0.4, 0.5) is 0 Å². The lowest BCUT2D eigenvalue weighted by atomic mass is 9.95. The average Bonchev–Trinajstić information content (AvgIpc) is 3.28. The molecule has 1 fully saturated rings. The number of pyridine rings is 1. The molecule has 5 nitrogen and oxygen atoms in total. The molecule has 0 unspecified atom stereocenters. The molecule has 2 aliphatic heterocycles. The first kappa shape index (κ1) is 18.2. The lowest BCUT2D eigenvalue weighted by Crippen LogP contribution is -2.35. The summed E-state index contributed by atoms with van der Waals surface area (Å²) in [5.74, 6) is 2.64. The quantitative estimate of drug-likeness (QED) is 0.737. The van der Waals surface area contributed by atoms with Crippen molar-refractivity contribution >= 4 is 16.9 Å². The average molecular weight is 384 g/mol. The van der Waals surface area contributed by atoms with E-state index < -0.39 is 0 Å². The third kappa shape index (κ3) is 3.27. The van der Waals surface area contributed by atoms with Gasteiger partial charge in [0.1, 0.15) is 6.04 Å². The van der Waals surface area contributed by atoms with Crippen LogP contribution in [-0.2, 0) is 0 Å². The fraction of sp³-hybridized carbons (Fsp3) is 0.429. The zero-order valence-electron chi connectivity index (χ0n) is 16.0. The van der Waals surface area contributed by atoms with Crippen molar-refractivity contribution in [3.05, 3.63) is 53.9 Å². The lowest BCUT2D eigenvalue weighted by molar-refractivity contribution is 0.254. The van der Waals surface area contributed by atoms with E-state index in [4.69, 9.17) is 14.5 Å². The van der Waals surface area contributed by atoms with Crippen LogP contribution in [-0.4, -0.2) is 40.6 Å². The van der Waals surface area contributed by atoms with E-state index in [0.717, 1.165) is 34.5 Å². The van der Waals surface area contributed by atoms with Crippen LogP contribution in [0.3, 0.4) is 0 Å². The molecule has 0 amide bonds. The molecular formula is C21H25N3O2S. The maximum Gasteiger partial charge on any atom is 0.161 e. The molecule has 0 bridgehead atoms. The third-order valence-corrected chi connectivity index (χ3v) is 6.28. The van der Waals surface area contributed by atoms with Gasteiger partial charge in [0, 0.05) is 18.0 Å². The van der Waals surface area contributed by atoms with Gasteiger partial charge in [0.05, 0.1) is 25.5 Å². The number of ether oxygens (including phenoxy) is 2. The number of benzene rings is 1. The minimum Gasteiger partial charge on any atom is -0.493 e. The number of rotatable bonds is 6. The van der Waals surface area contributed by atoms with E-state index in [1.165, 1.54) is 5.56 Å². The van der Waals surface area contributed by atoms with Crippen LogP contribution in [0, 0.1) is 0 Å². The van der Waals surface area contributed by atoms with Crippen molar-refractivity contribution in [1.29, 1.82) is 0 Å². The van der Waals surface area contributed by atoms with Crippen LogP contribution in [0.25, 0.3) is 0 Å². The highest BCUT2D eigenvalue weighted by atomic mass is 32.2. The van der Waals surface area contributed by atoms with E-state index in [9.17, 15) is 0 Å². The van der Waals surface area contributed by atoms with Crippen molar-refractivity contribution < 1.29 is 9.47 Å². The first-order valence-electron chi connectivity index (χ1n) is 9.47. The Morgan fingerprint density at radius 2 is 2.07 bits per heavy atom. The van der Waals surface area contributed by atoms with Gasteiger partial charge in [0.2, 0.25) is 0 Å². The molecule has 0 N–H and O–H groups in total. The summed E-state index contributed by atoms with van der Waals surface area (Å²) in [5, 5.41) is 1.13. The summed E-state index contributed by atoms with van der Waals surface area (Å²) in [6.45, 7) is 4.84. The Morgan fingerprint density at radius 3 is 2.78 bits per heavy atom. The summed E-state index contributed by atoms with van der Waals surface area (Å²) >= 11 is 1.86. The van der Waals surface area contributed by atoms with E-state index in [1.54, 1.807) is 7.11 Å². The molecule has 3 atom stereocenters. The molecule has 4 rings (SSSR count). The summed E-state index contributed by atoms with van der Waals surface area (Å²) in [6, 6.07) is 12.9. The molecule has 142 valence electrons. The normalized spacial score (nSPS) is 23.9. The largest absolute Gasteiger partial charge is 0.493 e. The van der Waals surface area contributed by atoms with Crippen LogP contribution >= 0.6 is 11.8 Å². The zero-order chi connectivity index (χ0) is 18.8. The van der Waals surface area contributed by atoms with E-state index >= 15 is 0 Å². The Bertz CT molecular complexity index is 827. The van der Waals surface area contributed by atoms with Gasteiger partial charge in [0.15, 0.2) is 16.7 Å². The molecule has 0 aliphatic carbocycles. The van der Waals surface area contributed by atoms with Gasteiger partial charge in [-0.3, -0.25) is 9.98 Å². The van der Waals surface area contributed by atoms with Crippen molar-refractivity contribution in [1.82, 2.24) is 9.88 Å². The first-order valence-corrected chi connectivity index (χ1v) is 10.5. The third-order valence-electron chi connectivity index (χ3n) is 5.16. The van der Waals surface area contributed by atoms with Gasteiger partial charge < -0.3 is 14.4 Å². The monoisotopic (exact) mass is 383 g/mol. The first-order chi connectivity index (χ1) is 13.3. The van der Waals surface area contributed by atoms with E-state index in [-0.39, 0.29) is 12.1 Å². The molecule has 0 spiro atoms. The van der Waals surface area contributed by atoms with E-state index in [0.29, 0.717) is 12.6 Å². The minimum absolute atomic E-state index is 0.00861. The van der Waals surface area contributed by atoms with Crippen LogP contribution < -0.4 is 9.47 Å². The topological polar surface area (TPSA) is 47.0 Å².